The first-order valence-electron chi connectivity index (χ1n) is 9.67. The van der Waals surface area contributed by atoms with Crippen molar-refractivity contribution in [3.63, 3.8) is 0 Å². The Morgan fingerprint density at radius 1 is 1.32 bits per heavy atom. The summed E-state index contributed by atoms with van der Waals surface area (Å²) in [5, 5.41) is 16.5. The number of amides is 1. The van der Waals surface area contributed by atoms with Crippen LogP contribution in [0, 0.1) is 11.3 Å². The first-order valence-corrected chi connectivity index (χ1v) is 9.67. The van der Waals surface area contributed by atoms with Crippen LogP contribution in [0.5, 0.6) is 0 Å². The summed E-state index contributed by atoms with van der Waals surface area (Å²) in [7, 11) is 0. The number of rotatable bonds is 6. The van der Waals surface area contributed by atoms with Gasteiger partial charge in [-0.05, 0) is 5.56 Å². The van der Waals surface area contributed by atoms with E-state index in [0.717, 1.165) is 16.8 Å². The number of benzene rings is 1. The largest absolute Gasteiger partial charge is 0.383 e. The molecule has 1 fully saturated rings. The molecule has 1 aliphatic carbocycles. The average molecular weight is 412 g/mol. The minimum Gasteiger partial charge on any atom is -0.383 e. The smallest absolute Gasteiger partial charge is 0.286 e. The molecule has 9 nitrogen and oxygen atoms in total. The van der Waals surface area contributed by atoms with Gasteiger partial charge in [0.15, 0.2) is 0 Å². The van der Waals surface area contributed by atoms with Crippen LogP contribution in [0.15, 0.2) is 66.2 Å². The van der Waals surface area contributed by atoms with E-state index in [2.05, 4.69) is 32.0 Å². The fourth-order valence-corrected chi connectivity index (χ4v) is 3.30. The molecule has 0 aliphatic heterocycles. The minimum absolute atomic E-state index is 0.0503. The van der Waals surface area contributed by atoms with Crippen molar-refractivity contribution >= 4 is 23.3 Å². The molecule has 2 heterocycles. The standard InChI is InChI=1S/C22H20N8O/c1-14(9-23)22(31)29-18-7-17(8-18)28-21-19(20(24)25-13-26-21)16-10-27-30(12-16)11-15-5-3-2-4-6-15/h2-6,10,12-13,17H,1,7-8,11H2,(H3,24,25,26,28). The van der Waals surface area contributed by atoms with Crippen LogP contribution in [0.1, 0.15) is 18.4 Å². The fourth-order valence-electron chi connectivity index (χ4n) is 3.30. The fraction of sp³-hybridized carbons (Fsp3) is 0.182. The summed E-state index contributed by atoms with van der Waals surface area (Å²) in [6, 6.07) is 11.8. The number of aliphatic imine (C=N–C) groups is 1. The van der Waals surface area contributed by atoms with Crippen LogP contribution in [0.2, 0.25) is 0 Å². The lowest BCUT2D eigenvalue weighted by atomic mass is 9.90. The maximum absolute atomic E-state index is 11.7. The molecule has 1 saturated carbocycles. The number of nitrogen functional groups attached to an aromatic ring is 1. The molecule has 154 valence electrons. The van der Waals surface area contributed by atoms with E-state index in [1.165, 1.54) is 6.33 Å². The normalized spacial score (nSPS) is 14.9. The minimum atomic E-state index is -0.589. The van der Waals surface area contributed by atoms with Crippen LogP contribution in [0.3, 0.4) is 0 Å². The van der Waals surface area contributed by atoms with Crippen LogP contribution >= 0.6 is 0 Å². The third-order valence-electron chi connectivity index (χ3n) is 4.94. The molecule has 31 heavy (non-hydrogen) atoms. The van der Waals surface area contributed by atoms with Gasteiger partial charge in [-0.1, -0.05) is 36.9 Å². The van der Waals surface area contributed by atoms with Gasteiger partial charge in [0.05, 0.1) is 18.3 Å². The molecule has 0 atom stereocenters. The van der Waals surface area contributed by atoms with Gasteiger partial charge in [0, 0.05) is 36.4 Å². The number of aromatic nitrogens is 4. The van der Waals surface area contributed by atoms with Gasteiger partial charge in [-0.3, -0.25) is 9.48 Å². The molecule has 3 aromatic rings. The van der Waals surface area contributed by atoms with Gasteiger partial charge >= 0.3 is 0 Å². The van der Waals surface area contributed by atoms with E-state index in [-0.39, 0.29) is 11.6 Å². The molecular formula is C22H20N8O. The molecular weight excluding hydrogens is 392 g/mol. The topological polar surface area (TPSA) is 135 Å². The SMILES string of the molecule is C=C(C#N)C(=O)N=C1CC(Nc2ncnc(N)c2-c2cnn(Cc3ccccc3)c2)C1. The molecule has 9 heteroatoms. The van der Waals surface area contributed by atoms with Gasteiger partial charge in [0.1, 0.15) is 29.6 Å². The van der Waals surface area contributed by atoms with Gasteiger partial charge in [0.25, 0.3) is 5.91 Å². The highest BCUT2D eigenvalue weighted by molar-refractivity contribution is 6.07. The molecule has 0 unspecified atom stereocenters. The molecule has 0 radical (unpaired) electrons. The van der Waals surface area contributed by atoms with Gasteiger partial charge in [-0.25, -0.2) is 15.0 Å². The number of hydrogen-bond acceptors (Lipinski definition) is 7. The Morgan fingerprint density at radius 2 is 2.10 bits per heavy atom. The maximum atomic E-state index is 11.7. The average Bonchev–Trinajstić information content (AvgIpc) is 3.20. The van der Waals surface area contributed by atoms with E-state index in [9.17, 15) is 4.79 Å². The maximum Gasteiger partial charge on any atom is 0.286 e. The highest BCUT2D eigenvalue weighted by Crippen LogP contribution is 2.32. The van der Waals surface area contributed by atoms with Crippen LogP contribution in [-0.4, -0.2) is 37.4 Å². The quantitative estimate of drug-likeness (QED) is 0.469. The highest BCUT2D eigenvalue weighted by atomic mass is 16.1. The molecule has 0 saturated heterocycles. The molecule has 2 aromatic heterocycles. The molecule has 0 bridgehead atoms. The Morgan fingerprint density at radius 3 is 2.84 bits per heavy atom. The van der Waals surface area contributed by atoms with Crippen molar-refractivity contribution in [2.24, 2.45) is 4.99 Å². The second kappa shape index (κ2) is 8.59. The number of nitrogens with zero attached hydrogens (tertiary/aromatic N) is 6. The van der Waals surface area contributed by atoms with E-state index < -0.39 is 5.91 Å². The Bertz CT molecular complexity index is 1200. The van der Waals surface area contributed by atoms with Gasteiger partial charge in [-0.2, -0.15) is 10.4 Å². The van der Waals surface area contributed by atoms with Gasteiger partial charge in [-0.15, -0.1) is 0 Å². The summed E-state index contributed by atoms with van der Waals surface area (Å²) < 4.78 is 1.84. The van der Waals surface area contributed by atoms with Crippen LogP contribution in [0.25, 0.3) is 11.1 Å². The van der Waals surface area contributed by atoms with Crippen LogP contribution < -0.4 is 11.1 Å². The van der Waals surface area contributed by atoms with Crippen molar-refractivity contribution in [2.75, 3.05) is 11.1 Å². The Labute approximate surface area is 179 Å². The van der Waals surface area contributed by atoms with Gasteiger partial charge < -0.3 is 11.1 Å². The first-order chi connectivity index (χ1) is 15.0. The lowest BCUT2D eigenvalue weighted by Crippen LogP contribution is -2.36. The van der Waals surface area contributed by atoms with Crippen molar-refractivity contribution in [2.45, 2.75) is 25.4 Å². The second-order valence-electron chi connectivity index (χ2n) is 7.22. The van der Waals surface area contributed by atoms with E-state index in [0.29, 0.717) is 36.6 Å². The number of hydrogen-bond donors (Lipinski definition) is 2. The Hall–Kier alpha value is -4.32. The monoisotopic (exact) mass is 412 g/mol. The number of carbonyl (C=O) groups is 1. The number of nitrogens with two attached hydrogens (primary N) is 1. The van der Waals surface area contributed by atoms with Crippen molar-refractivity contribution in [1.82, 2.24) is 19.7 Å². The zero-order valence-electron chi connectivity index (χ0n) is 16.7. The molecule has 1 aromatic carbocycles. The lowest BCUT2D eigenvalue weighted by Gasteiger charge is -2.29. The summed E-state index contributed by atoms with van der Waals surface area (Å²) in [6.45, 7) is 4.02. The number of nitrogens with one attached hydrogen (secondary N) is 1. The van der Waals surface area contributed by atoms with Crippen LogP contribution in [-0.2, 0) is 11.3 Å². The molecule has 3 N–H and O–H groups in total. The molecule has 1 amide bonds. The predicted octanol–water partition coefficient (Wildman–Crippen LogP) is 2.59. The van der Waals surface area contributed by atoms with Crippen molar-refractivity contribution in [1.29, 1.82) is 5.26 Å². The zero-order valence-corrected chi connectivity index (χ0v) is 16.7. The summed E-state index contributed by atoms with van der Waals surface area (Å²) in [5.74, 6) is 0.364. The molecule has 0 spiro atoms. The Balaban J connectivity index is 1.48. The summed E-state index contributed by atoms with van der Waals surface area (Å²) >= 11 is 0. The van der Waals surface area contributed by atoms with Crippen molar-refractivity contribution in [3.8, 4) is 17.2 Å². The summed E-state index contributed by atoms with van der Waals surface area (Å²) in [6.07, 6.45) is 6.20. The third kappa shape index (κ3) is 4.48. The van der Waals surface area contributed by atoms with E-state index in [1.807, 2.05) is 41.2 Å². The van der Waals surface area contributed by atoms with E-state index in [1.54, 1.807) is 12.3 Å². The third-order valence-corrected chi connectivity index (χ3v) is 4.94. The summed E-state index contributed by atoms with van der Waals surface area (Å²) in [5.41, 5.74) is 9.34. The van der Waals surface area contributed by atoms with Crippen LogP contribution in [0.4, 0.5) is 11.6 Å². The Kier molecular flexibility index (Phi) is 5.53. The lowest BCUT2D eigenvalue weighted by molar-refractivity contribution is -0.114. The first kappa shape index (κ1) is 20.0. The molecule has 1 aliphatic rings. The highest BCUT2D eigenvalue weighted by Gasteiger charge is 2.27. The van der Waals surface area contributed by atoms with E-state index in [4.69, 9.17) is 11.0 Å². The van der Waals surface area contributed by atoms with Crippen molar-refractivity contribution < 1.29 is 4.79 Å². The molecule has 4 rings (SSSR count). The van der Waals surface area contributed by atoms with E-state index >= 15 is 0 Å². The number of carbonyl (C=O) groups excluding carboxylic acids is 1. The predicted molar refractivity (Wildman–Crippen MR) is 117 cm³/mol. The summed E-state index contributed by atoms with van der Waals surface area (Å²) in [4.78, 5) is 24.1. The zero-order chi connectivity index (χ0) is 21.8. The second-order valence-corrected chi connectivity index (χ2v) is 7.22. The van der Waals surface area contributed by atoms with Crippen molar-refractivity contribution in [3.05, 3.63) is 66.8 Å². The number of nitriles is 1. The van der Waals surface area contributed by atoms with Gasteiger partial charge in [0.2, 0.25) is 0 Å². The number of anilines is 2.